The number of aliphatic hydroxyl groups is 1. The van der Waals surface area contributed by atoms with E-state index in [-0.39, 0.29) is 18.4 Å². The average Bonchev–Trinajstić information content (AvgIpc) is 2.45. The number of hydrogen-bond acceptors (Lipinski definition) is 5. The summed E-state index contributed by atoms with van der Waals surface area (Å²) >= 11 is 0. The van der Waals surface area contributed by atoms with Gasteiger partial charge in [0.05, 0.1) is 19.1 Å². The van der Waals surface area contributed by atoms with E-state index in [9.17, 15) is 14.7 Å². The van der Waals surface area contributed by atoms with Crippen molar-refractivity contribution >= 4 is 11.9 Å². The molecule has 2 fully saturated rings. The van der Waals surface area contributed by atoms with Crippen molar-refractivity contribution in [2.24, 2.45) is 0 Å². The Morgan fingerprint density at radius 1 is 1.05 bits per heavy atom. The van der Waals surface area contributed by atoms with Gasteiger partial charge in [-0.1, -0.05) is 0 Å². The molecule has 0 radical (unpaired) electrons. The number of amides is 1. The summed E-state index contributed by atoms with van der Waals surface area (Å²) in [6, 6.07) is 0. The van der Waals surface area contributed by atoms with Gasteiger partial charge in [-0.2, -0.15) is 0 Å². The molecule has 0 aromatic rings. The quantitative estimate of drug-likeness (QED) is 0.682. The van der Waals surface area contributed by atoms with E-state index in [1.165, 1.54) is 0 Å². The van der Waals surface area contributed by atoms with Crippen molar-refractivity contribution in [1.29, 1.82) is 0 Å². The van der Waals surface area contributed by atoms with Gasteiger partial charge in [-0.05, 0) is 19.4 Å². The molecule has 7 heteroatoms. The zero-order chi connectivity index (χ0) is 15.2. The van der Waals surface area contributed by atoms with Crippen molar-refractivity contribution in [3.05, 3.63) is 0 Å². The molecule has 2 aliphatic rings. The van der Waals surface area contributed by atoms with E-state index < -0.39 is 5.97 Å². The number of piperidine rings is 1. The molecule has 0 aliphatic carbocycles. The Bertz CT molecular complexity index is 369. The van der Waals surface area contributed by atoms with Crippen LogP contribution >= 0.6 is 0 Å². The maximum absolute atomic E-state index is 12.2. The normalized spacial score (nSPS) is 25.0. The first-order valence-corrected chi connectivity index (χ1v) is 7.67. The number of hydrogen-bond donors (Lipinski definition) is 2. The number of carboxylic acids is 1. The Balaban J connectivity index is 1.69. The summed E-state index contributed by atoms with van der Waals surface area (Å²) in [5.74, 6) is -0.667. The second-order valence-electron chi connectivity index (χ2n) is 5.90. The first-order chi connectivity index (χ1) is 10.0. The fourth-order valence-corrected chi connectivity index (χ4v) is 2.94. The lowest BCUT2D eigenvalue weighted by Gasteiger charge is -2.36. The molecule has 1 atom stereocenters. The maximum Gasteiger partial charge on any atom is 0.304 e. The molecule has 0 unspecified atom stereocenters. The second kappa shape index (κ2) is 7.72. The molecule has 21 heavy (non-hydrogen) atoms. The summed E-state index contributed by atoms with van der Waals surface area (Å²) in [5, 5.41) is 18.3. The van der Waals surface area contributed by atoms with Crippen LogP contribution in [0.1, 0.15) is 19.3 Å². The van der Waals surface area contributed by atoms with Gasteiger partial charge < -0.3 is 15.1 Å². The van der Waals surface area contributed by atoms with Crippen molar-refractivity contribution < 1.29 is 19.8 Å². The standard InChI is InChI=1S/C14H25N3O4/c18-12-2-1-4-16(10-12)11-13(19)17-8-6-15(7-9-17)5-3-14(20)21/h12,18H,1-11H2,(H,20,21)/t12-/m1/s1. The molecule has 2 aliphatic heterocycles. The third kappa shape index (κ3) is 5.26. The molecule has 0 spiro atoms. The number of aliphatic carboxylic acids is 1. The molecule has 2 saturated heterocycles. The van der Waals surface area contributed by atoms with E-state index in [2.05, 4.69) is 4.90 Å². The van der Waals surface area contributed by atoms with Crippen LogP contribution in [-0.2, 0) is 9.59 Å². The SMILES string of the molecule is O=C(O)CCN1CCN(C(=O)CN2CCC[C@@H](O)C2)CC1. The summed E-state index contributed by atoms with van der Waals surface area (Å²) in [4.78, 5) is 28.7. The van der Waals surface area contributed by atoms with Gasteiger partial charge in [-0.15, -0.1) is 0 Å². The van der Waals surface area contributed by atoms with Gasteiger partial charge in [0.25, 0.3) is 0 Å². The minimum Gasteiger partial charge on any atom is -0.481 e. The topological polar surface area (TPSA) is 84.3 Å². The molecule has 0 aromatic heterocycles. The Hall–Kier alpha value is -1.18. The fourth-order valence-electron chi connectivity index (χ4n) is 2.94. The Labute approximate surface area is 125 Å². The zero-order valence-electron chi connectivity index (χ0n) is 12.4. The molecule has 0 aromatic carbocycles. The number of carbonyl (C=O) groups is 2. The first-order valence-electron chi connectivity index (χ1n) is 7.67. The molecule has 120 valence electrons. The molecule has 2 rings (SSSR count). The molecule has 0 saturated carbocycles. The zero-order valence-corrected chi connectivity index (χ0v) is 12.4. The van der Waals surface area contributed by atoms with Crippen LogP contribution in [0.25, 0.3) is 0 Å². The van der Waals surface area contributed by atoms with Gasteiger partial charge >= 0.3 is 5.97 Å². The number of nitrogens with zero attached hydrogens (tertiary/aromatic N) is 3. The summed E-state index contributed by atoms with van der Waals surface area (Å²) in [6.07, 6.45) is 1.61. The first kappa shape index (κ1) is 16.2. The minimum atomic E-state index is -0.780. The second-order valence-corrected chi connectivity index (χ2v) is 5.90. The van der Waals surface area contributed by atoms with Crippen LogP contribution < -0.4 is 0 Å². The number of rotatable bonds is 5. The largest absolute Gasteiger partial charge is 0.481 e. The molecule has 2 N–H and O–H groups in total. The summed E-state index contributed by atoms with van der Waals surface area (Å²) in [7, 11) is 0. The van der Waals surface area contributed by atoms with Crippen molar-refractivity contribution in [2.45, 2.75) is 25.4 Å². The van der Waals surface area contributed by atoms with Gasteiger partial charge in [0.15, 0.2) is 0 Å². The third-order valence-corrected chi connectivity index (χ3v) is 4.21. The smallest absolute Gasteiger partial charge is 0.304 e. The molecule has 7 nitrogen and oxygen atoms in total. The Morgan fingerprint density at radius 3 is 2.38 bits per heavy atom. The van der Waals surface area contributed by atoms with Gasteiger partial charge in [-0.3, -0.25) is 19.4 Å². The number of aliphatic hydroxyl groups excluding tert-OH is 1. The predicted octanol–water partition coefficient (Wildman–Crippen LogP) is -0.938. The van der Waals surface area contributed by atoms with Crippen molar-refractivity contribution in [3.63, 3.8) is 0 Å². The lowest BCUT2D eigenvalue weighted by molar-refractivity contribution is -0.138. The number of β-amino-alcohol motifs (C(OH)–C–C–N with tert-alkyl or cyclic N) is 1. The van der Waals surface area contributed by atoms with Gasteiger partial charge in [0.1, 0.15) is 0 Å². The highest BCUT2D eigenvalue weighted by Gasteiger charge is 2.25. The maximum atomic E-state index is 12.2. The molecular weight excluding hydrogens is 274 g/mol. The van der Waals surface area contributed by atoms with Crippen molar-refractivity contribution in [2.75, 3.05) is 52.4 Å². The van der Waals surface area contributed by atoms with E-state index in [0.29, 0.717) is 32.7 Å². The van der Waals surface area contributed by atoms with Crippen LogP contribution in [-0.4, -0.2) is 95.3 Å². The fraction of sp³-hybridized carbons (Fsp3) is 0.857. The van der Waals surface area contributed by atoms with E-state index >= 15 is 0 Å². The molecule has 0 bridgehead atoms. The number of piperazine rings is 1. The van der Waals surface area contributed by atoms with Crippen LogP contribution in [0, 0.1) is 0 Å². The average molecular weight is 299 g/mol. The van der Waals surface area contributed by atoms with E-state index in [1.54, 1.807) is 0 Å². The van der Waals surface area contributed by atoms with Crippen LogP contribution in [0.3, 0.4) is 0 Å². The van der Waals surface area contributed by atoms with Crippen LogP contribution in [0.2, 0.25) is 0 Å². The highest BCUT2D eigenvalue weighted by atomic mass is 16.4. The van der Waals surface area contributed by atoms with Crippen molar-refractivity contribution in [1.82, 2.24) is 14.7 Å². The highest BCUT2D eigenvalue weighted by molar-refractivity contribution is 5.78. The summed E-state index contributed by atoms with van der Waals surface area (Å²) in [6.45, 7) is 5.19. The number of carbonyl (C=O) groups excluding carboxylic acids is 1. The van der Waals surface area contributed by atoms with Crippen LogP contribution in [0.5, 0.6) is 0 Å². The molecular formula is C14H25N3O4. The van der Waals surface area contributed by atoms with Gasteiger partial charge in [0.2, 0.25) is 5.91 Å². The number of likely N-dealkylation sites (tertiary alicyclic amines) is 1. The van der Waals surface area contributed by atoms with E-state index in [0.717, 1.165) is 32.5 Å². The lowest BCUT2D eigenvalue weighted by atomic mass is 10.1. The minimum absolute atomic E-state index is 0.113. The predicted molar refractivity (Wildman–Crippen MR) is 77.0 cm³/mol. The van der Waals surface area contributed by atoms with Crippen LogP contribution in [0.4, 0.5) is 0 Å². The highest BCUT2D eigenvalue weighted by Crippen LogP contribution is 2.10. The monoisotopic (exact) mass is 299 g/mol. The summed E-state index contributed by atoms with van der Waals surface area (Å²) < 4.78 is 0. The molecule has 1 amide bonds. The molecule has 2 heterocycles. The Morgan fingerprint density at radius 2 is 1.76 bits per heavy atom. The van der Waals surface area contributed by atoms with E-state index in [4.69, 9.17) is 5.11 Å². The third-order valence-electron chi connectivity index (χ3n) is 4.21. The van der Waals surface area contributed by atoms with Crippen LogP contribution in [0.15, 0.2) is 0 Å². The Kier molecular flexibility index (Phi) is 5.96. The van der Waals surface area contributed by atoms with Gasteiger partial charge in [0, 0.05) is 39.3 Å². The van der Waals surface area contributed by atoms with Gasteiger partial charge in [-0.25, -0.2) is 0 Å². The summed E-state index contributed by atoms with van der Waals surface area (Å²) in [5.41, 5.74) is 0. The lowest BCUT2D eigenvalue weighted by Crippen LogP contribution is -2.52. The van der Waals surface area contributed by atoms with Crippen molar-refractivity contribution in [3.8, 4) is 0 Å². The number of carboxylic acid groups (broad SMARTS) is 1. The van der Waals surface area contributed by atoms with E-state index in [1.807, 2.05) is 9.80 Å².